The summed E-state index contributed by atoms with van der Waals surface area (Å²) in [6, 6.07) is 1.31. The molecule has 0 saturated carbocycles. The van der Waals surface area contributed by atoms with Crippen molar-refractivity contribution in [3.8, 4) is 0 Å². The molecule has 0 radical (unpaired) electrons. The molecular weight excluding hydrogens is 279 g/mol. The molecule has 0 spiro atoms. The van der Waals surface area contributed by atoms with Crippen molar-refractivity contribution >= 4 is 41.4 Å². The number of ether oxygens (including phenoxy) is 1. The van der Waals surface area contributed by atoms with E-state index in [9.17, 15) is 9.59 Å². The molecule has 0 aliphatic rings. The Morgan fingerprint density at radius 2 is 2.06 bits per heavy atom. The highest BCUT2D eigenvalue weighted by Gasteiger charge is 2.19. The van der Waals surface area contributed by atoms with Crippen LogP contribution in [0.25, 0.3) is 0 Å². The van der Waals surface area contributed by atoms with Gasteiger partial charge >= 0.3 is 6.09 Å². The number of hydrogen-bond acceptors (Lipinski definition) is 4. The van der Waals surface area contributed by atoms with Gasteiger partial charge in [-0.15, -0.1) is 0 Å². The molecule has 0 unspecified atom stereocenters. The van der Waals surface area contributed by atoms with Gasteiger partial charge < -0.3 is 4.74 Å². The molecule has 0 atom stereocenters. The van der Waals surface area contributed by atoms with Crippen molar-refractivity contribution in [3.63, 3.8) is 0 Å². The van der Waals surface area contributed by atoms with Crippen LogP contribution < -0.4 is 5.32 Å². The monoisotopic (exact) mass is 290 g/mol. The van der Waals surface area contributed by atoms with Crippen LogP contribution in [0.5, 0.6) is 0 Å². The van der Waals surface area contributed by atoms with Crippen LogP contribution in [-0.4, -0.2) is 23.0 Å². The minimum Gasteiger partial charge on any atom is -0.444 e. The summed E-state index contributed by atoms with van der Waals surface area (Å²) in [6.45, 7) is 5.14. The van der Waals surface area contributed by atoms with E-state index in [-0.39, 0.29) is 21.6 Å². The van der Waals surface area contributed by atoms with Crippen molar-refractivity contribution in [3.05, 3.63) is 21.8 Å². The highest BCUT2D eigenvalue weighted by Crippen LogP contribution is 2.24. The van der Waals surface area contributed by atoms with Gasteiger partial charge in [0.25, 0.3) is 0 Å². The number of nitrogens with one attached hydrogen (secondary N) is 1. The Balaban J connectivity index is 2.97. The molecule has 18 heavy (non-hydrogen) atoms. The summed E-state index contributed by atoms with van der Waals surface area (Å²) in [6.07, 6.45) is -0.255. The standard InChI is InChI=1S/C11H12Cl2N2O3/c1-11(2,3)18-10(17)15-9-6(5-16)7(12)4-8(13)14-9/h4-5H,1-3H3,(H,14,15,17). The summed E-state index contributed by atoms with van der Waals surface area (Å²) < 4.78 is 5.03. The molecule has 7 heteroatoms. The summed E-state index contributed by atoms with van der Waals surface area (Å²) >= 11 is 11.5. The number of aromatic nitrogens is 1. The fourth-order valence-electron chi connectivity index (χ4n) is 1.10. The van der Waals surface area contributed by atoms with Gasteiger partial charge in [-0.05, 0) is 26.8 Å². The molecule has 1 aromatic rings. The van der Waals surface area contributed by atoms with Gasteiger partial charge in [0.1, 0.15) is 16.6 Å². The maximum absolute atomic E-state index is 11.5. The molecule has 0 saturated heterocycles. The molecule has 1 aromatic heterocycles. The number of anilines is 1. The zero-order valence-electron chi connectivity index (χ0n) is 10.1. The summed E-state index contributed by atoms with van der Waals surface area (Å²) in [4.78, 5) is 26.2. The topological polar surface area (TPSA) is 68.3 Å². The third-order valence-corrected chi connectivity index (χ3v) is 2.22. The number of aldehydes is 1. The summed E-state index contributed by atoms with van der Waals surface area (Å²) in [5.41, 5.74) is -0.611. The fourth-order valence-corrected chi connectivity index (χ4v) is 1.59. The smallest absolute Gasteiger partial charge is 0.413 e. The van der Waals surface area contributed by atoms with Crippen molar-refractivity contribution in [1.29, 1.82) is 0 Å². The maximum atomic E-state index is 11.5. The quantitative estimate of drug-likeness (QED) is 0.668. The molecular formula is C11H12Cl2N2O3. The van der Waals surface area contributed by atoms with Gasteiger partial charge in [-0.2, -0.15) is 0 Å². The first kappa shape index (κ1) is 14.7. The second-order valence-electron chi connectivity index (χ2n) is 4.43. The van der Waals surface area contributed by atoms with Gasteiger partial charge in [0, 0.05) is 0 Å². The molecule has 0 aromatic carbocycles. The fraction of sp³-hybridized carbons (Fsp3) is 0.364. The van der Waals surface area contributed by atoms with Crippen LogP contribution in [0.1, 0.15) is 31.1 Å². The molecule has 0 aliphatic heterocycles. The minimum atomic E-state index is -0.739. The zero-order chi connectivity index (χ0) is 13.9. The van der Waals surface area contributed by atoms with Gasteiger partial charge in [0.15, 0.2) is 6.29 Å². The van der Waals surface area contributed by atoms with E-state index in [2.05, 4.69) is 10.3 Å². The Bertz CT molecular complexity index is 484. The Kier molecular flexibility index (Phi) is 4.53. The van der Waals surface area contributed by atoms with Gasteiger partial charge in [0.05, 0.1) is 10.6 Å². The predicted molar refractivity (Wildman–Crippen MR) is 69.5 cm³/mol. The molecule has 0 bridgehead atoms. The normalized spacial score (nSPS) is 10.9. The van der Waals surface area contributed by atoms with E-state index < -0.39 is 11.7 Å². The lowest BCUT2D eigenvalue weighted by Crippen LogP contribution is -2.27. The predicted octanol–water partition coefficient (Wildman–Crippen LogP) is 3.55. The summed E-state index contributed by atoms with van der Waals surface area (Å²) in [5, 5.41) is 2.50. The summed E-state index contributed by atoms with van der Waals surface area (Å²) in [7, 11) is 0. The lowest BCUT2D eigenvalue weighted by atomic mass is 10.2. The number of hydrogen-bond donors (Lipinski definition) is 1. The van der Waals surface area contributed by atoms with E-state index >= 15 is 0 Å². The van der Waals surface area contributed by atoms with Crippen LogP contribution in [0.3, 0.4) is 0 Å². The number of nitrogens with zero attached hydrogens (tertiary/aromatic N) is 1. The molecule has 0 fully saturated rings. The van der Waals surface area contributed by atoms with Gasteiger partial charge in [-0.25, -0.2) is 9.78 Å². The van der Waals surface area contributed by atoms with Crippen molar-refractivity contribution in [2.24, 2.45) is 0 Å². The highest BCUT2D eigenvalue weighted by molar-refractivity contribution is 6.36. The molecule has 5 nitrogen and oxygen atoms in total. The zero-order valence-corrected chi connectivity index (χ0v) is 11.6. The minimum absolute atomic E-state index is 0.0308. The third-order valence-electron chi connectivity index (χ3n) is 1.71. The number of pyridine rings is 1. The van der Waals surface area contributed by atoms with Crippen LogP contribution in [0.2, 0.25) is 10.2 Å². The first-order valence-corrected chi connectivity index (χ1v) is 5.80. The SMILES string of the molecule is CC(C)(C)OC(=O)Nc1nc(Cl)cc(Cl)c1C=O. The van der Waals surface area contributed by atoms with E-state index in [0.717, 1.165) is 0 Å². The number of halogens is 2. The lowest BCUT2D eigenvalue weighted by molar-refractivity contribution is 0.0635. The molecule has 0 aliphatic carbocycles. The van der Waals surface area contributed by atoms with E-state index in [4.69, 9.17) is 27.9 Å². The first-order valence-electron chi connectivity index (χ1n) is 5.04. The van der Waals surface area contributed by atoms with Crippen molar-refractivity contribution in [2.75, 3.05) is 5.32 Å². The highest BCUT2D eigenvalue weighted by atomic mass is 35.5. The number of rotatable bonds is 2. The van der Waals surface area contributed by atoms with Gasteiger partial charge in [-0.3, -0.25) is 10.1 Å². The van der Waals surface area contributed by atoms with Crippen molar-refractivity contribution in [1.82, 2.24) is 4.98 Å². The molecule has 1 rings (SSSR count). The summed E-state index contributed by atoms with van der Waals surface area (Å²) in [5.74, 6) is -0.0308. The van der Waals surface area contributed by atoms with Crippen LogP contribution in [0, 0.1) is 0 Å². The first-order chi connectivity index (χ1) is 8.23. The van der Waals surface area contributed by atoms with E-state index in [0.29, 0.717) is 6.29 Å². The Labute approximate surface area is 114 Å². The van der Waals surface area contributed by atoms with Gasteiger partial charge in [0.2, 0.25) is 0 Å². The lowest BCUT2D eigenvalue weighted by Gasteiger charge is -2.19. The average Bonchev–Trinajstić information content (AvgIpc) is 2.13. The van der Waals surface area contributed by atoms with Crippen molar-refractivity contribution < 1.29 is 14.3 Å². The Hall–Kier alpha value is -1.33. The van der Waals surface area contributed by atoms with Crippen LogP contribution in [0.15, 0.2) is 6.07 Å². The second kappa shape index (κ2) is 5.54. The van der Waals surface area contributed by atoms with E-state index in [1.165, 1.54) is 6.07 Å². The van der Waals surface area contributed by atoms with Crippen LogP contribution >= 0.6 is 23.2 Å². The third kappa shape index (κ3) is 4.16. The number of carbonyl (C=O) groups excluding carboxylic acids is 2. The Morgan fingerprint density at radius 3 is 2.56 bits per heavy atom. The molecule has 1 heterocycles. The largest absolute Gasteiger partial charge is 0.444 e. The molecule has 1 amide bonds. The van der Waals surface area contributed by atoms with Crippen LogP contribution in [-0.2, 0) is 4.74 Å². The number of amides is 1. The van der Waals surface area contributed by atoms with E-state index in [1.807, 2.05) is 0 Å². The van der Waals surface area contributed by atoms with E-state index in [1.54, 1.807) is 20.8 Å². The average molecular weight is 291 g/mol. The number of carbonyl (C=O) groups is 2. The van der Waals surface area contributed by atoms with Crippen LogP contribution in [0.4, 0.5) is 10.6 Å². The second-order valence-corrected chi connectivity index (χ2v) is 5.23. The molecule has 98 valence electrons. The maximum Gasteiger partial charge on any atom is 0.413 e. The van der Waals surface area contributed by atoms with Gasteiger partial charge in [-0.1, -0.05) is 23.2 Å². The molecule has 1 N–H and O–H groups in total. The van der Waals surface area contributed by atoms with Crippen molar-refractivity contribution in [2.45, 2.75) is 26.4 Å². The Morgan fingerprint density at radius 1 is 1.44 bits per heavy atom.